The van der Waals surface area contributed by atoms with Crippen molar-refractivity contribution in [2.75, 3.05) is 0 Å². The van der Waals surface area contributed by atoms with E-state index in [-0.39, 0.29) is 5.89 Å². The number of halogens is 1. The second-order valence-electron chi connectivity index (χ2n) is 2.91. The maximum Gasteiger partial charge on any atom is 0.290 e. The molecule has 0 aliphatic heterocycles. The molecular formula is C10H7ClN2O2S. The Morgan fingerprint density at radius 2 is 2.38 bits per heavy atom. The standard InChI is InChI=1S/C10H7ClN2O2S/c11-7-2-1-3-8(4-7)16-6-9-12-10(5-14)15-13-9/h1-5H,6H2. The molecule has 0 fully saturated rings. The highest BCUT2D eigenvalue weighted by atomic mass is 35.5. The molecular weight excluding hydrogens is 248 g/mol. The first kappa shape index (κ1) is 11.2. The van der Waals surface area contributed by atoms with Crippen molar-refractivity contribution in [3.63, 3.8) is 0 Å². The third kappa shape index (κ3) is 2.84. The van der Waals surface area contributed by atoms with Gasteiger partial charge in [-0.25, -0.2) is 0 Å². The molecule has 2 rings (SSSR count). The first-order chi connectivity index (χ1) is 7.78. The lowest BCUT2D eigenvalue weighted by atomic mass is 10.4. The van der Waals surface area contributed by atoms with Gasteiger partial charge in [0.25, 0.3) is 5.89 Å². The summed E-state index contributed by atoms with van der Waals surface area (Å²) < 4.78 is 4.66. The van der Waals surface area contributed by atoms with Crippen molar-refractivity contribution in [2.24, 2.45) is 0 Å². The monoisotopic (exact) mass is 254 g/mol. The lowest BCUT2D eigenvalue weighted by Crippen LogP contribution is -1.84. The van der Waals surface area contributed by atoms with Crippen LogP contribution in [0.4, 0.5) is 0 Å². The fraction of sp³-hybridized carbons (Fsp3) is 0.100. The highest BCUT2D eigenvalue weighted by molar-refractivity contribution is 7.98. The SMILES string of the molecule is O=Cc1nc(CSc2cccc(Cl)c2)no1. The summed E-state index contributed by atoms with van der Waals surface area (Å²) in [5.41, 5.74) is 0. The van der Waals surface area contributed by atoms with Gasteiger partial charge < -0.3 is 4.52 Å². The zero-order valence-electron chi connectivity index (χ0n) is 8.09. The molecule has 0 saturated carbocycles. The number of carbonyl (C=O) groups is 1. The largest absolute Gasteiger partial charge is 0.331 e. The summed E-state index contributed by atoms with van der Waals surface area (Å²) in [6.45, 7) is 0. The maximum atomic E-state index is 10.3. The Morgan fingerprint density at radius 3 is 3.06 bits per heavy atom. The molecule has 0 saturated heterocycles. The average molecular weight is 255 g/mol. The third-order valence-corrected chi connectivity index (χ3v) is 2.97. The molecule has 6 heteroatoms. The zero-order chi connectivity index (χ0) is 11.4. The first-order valence-electron chi connectivity index (χ1n) is 4.44. The lowest BCUT2D eigenvalue weighted by Gasteiger charge is -1.98. The molecule has 0 amide bonds. The molecule has 4 nitrogen and oxygen atoms in total. The molecule has 0 radical (unpaired) electrons. The number of benzene rings is 1. The molecule has 0 spiro atoms. The van der Waals surface area contributed by atoms with Gasteiger partial charge in [0.15, 0.2) is 5.82 Å². The normalized spacial score (nSPS) is 10.3. The first-order valence-corrected chi connectivity index (χ1v) is 5.80. The molecule has 1 aromatic heterocycles. The fourth-order valence-electron chi connectivity index (χ4n) is 1.08. The Kier molecular flexibility index (Phi) is 3.58. The summed E-state index contributed by atoms with van der Waals surface area (Å²) in [6.07, 6.45) is 0.528. The Bertz CT molecular complexity index is 501. The van der Waals surface area contributed by atoms with Crippen molar-refractivity contribution < 1.29 is 9.32 Å². The number of hydrogen-bond donors (Lipinski definition) is 0. The van der Waals surface area contributed by atoms with Gasteiger partial charge in [0.1, 0.15) is 0 Å². The van der Waals surface area contributed by atoms with Gasteiger partial charge in [-0.05, 0) is 18.2 Å². The van der Waals surface area contributed by atoms with Crippen molar-refractivity contribution in [1.29, 1.82) is 0 Å². The van der Waals surface area contributed by atoms with Crippen LogP contribution < -0.4 is 0 Å². The number of hydrogen-bond acceptors (Lipinski definition) is 5. The van der Waals surface area contributed by atoms with Crippen LogP contribution in [0.2, 0.25) is 5.02 Å². The van der Waals surface area contributed by atoms with Gasteiger partial charge in [-0.3, -0.25) is 4.79 Å². The van der Waals surface area contributed by atoms with E-state index in [1.807, 2.05) is 24.3 Å². The topological polar surface area (TPSA) is 56.0 Å². The average Bonchev–Trinajstić information content (AvgIpc) is 2.74. The van der Waals surface area contributed by atoms with Crippen LogP contribution in [0.15, 0.2) is 33.7 Å². The van der Waals surface area contributed by atoms with Crippen molar-refractivity contribution in [3.8, 4) is 0 Å². The second kappa shape index (κ2) is 5.14. The summed E-state index contributed by atoms with van der Waals surface area (Å²) in [6, 6.07) is 7.48. The van der Waals surface area contributed by atoms with Crippen LogP contribution in [0.5, 0.6) is 0 Å². The van der Waals surface area contributed by atoms with E-state index in [1.165, 1.54) is 11.8 Å². The van der Waals surface area contributed by atoms with Gasteiger partial charge in [-0.2, -0.15) is 4.98 Å². The van der Waals surface area contributed by atoms with Crippen LogP contribution in [-0.4, -0.2) is 16.4 Å². The molecule has 0 aliphatic carbocycles. The quantitative estimate of drug-likeness (QED) is 0.620. The summed E-state index contributed by atoms with van der Waals surface area (Å²) in [5, 5.41) is 4.34. The second-order valence-corrected chi connectivity index (χ2v) is 4.40. The minimum absolute atomic E-state index is 0.00157. The predicted molar refractivity (Wildman–Crippen MR) is 60.7 cm³/mol. The number of aldehydes is 1. The van der Waals surface area contributed by atoms with Crippen molar-refractivity contribution in [1.82, 2.24) is 10.1 Å². The van der Waals surface area contributed by atoms with E-state index in [0.717, 1.165) is 4.90 Å². The molecule has 16 heavy (non-hydrogen) atoms. The van der Waals surface area contributed by atoms with Crippen molar-refractivity contribution >= 4 is 29.6 Å². The molecule has 1 heterocycles. The van der Waals surface area contributed by atoms with E-state index in [2.05, 4.69) is 14.7 Å². The fourth-order valence-corrected chi connectivity index (χ4v) is 2.13. The summed E-state index contributed by atoms with van der Waals surface area (Å²) in [5.74, 6) is 1.03. The van der Waals surface area contributed by atoms with E-state index in [4.69, 9.17) is 11.6 Å². The molecule has 0 unspecified atom stereocenters. The maximum absolute atomic E-state index is 10.3. The molecule has 0 aliphatic rings. The van der Waals surface area contributed by atoms with E-state index in [0.29, 0.717) is 22.9 Å². The van der Waals surface area contributed by atoms with Gasteiger partial charge in [-0.15, -0.1) is 11.8 Å². The third-order valence-electron chi connectivity index (χ3n) is 1.75. The van der Waals surface area contributed by atoms with Gasteiger partial charge >= 0.3 is 0 Å². The van der Waals surface area contributed by atoms with E-state index in [9.17, 15) is 4.79 Å². The lowest BCUT2D eigenvalue weighted by molar-refractivity contribution is 0.108. The predicted octanol–water partition coefficient (Wildman–Crippen LogP) is 2.83. The molecule has 0 bridgehead atoms. The summed E-state index contributed by atoms with van der Waals surface area (Å²) >= 11 is 7.37. The Balaban J connectivity index is 1.99. The molecule has 0 N–H and O–H groups in total. The Labute approximate surface area is 101 Å². The van der Waals surface area contributed by atoms with E-state index < -0.39 is 0 Å². The van der Waals surface area contributed by atoms with E-state index >= 15 is 0 Å². The highest BCUT2D eigenvalue weighted by Crippen LogP contribution is 2.24. The Morgan fingerprint density at radius 1 is 1.50 bits per heavy atom. The van der Waals surface area contributed by atoms with Crippen LogP contribution in [0.25, 0.3) is 0 Å². The molecule has 2 aromatic rings. The minimum atomic E-state index is 0.00157. The van der Waals surface area contributed by atoms with Crippen LogP contribution in [-0.2, 0) is 5.75 Å². The van der Waals surface area contributed by atoms with Gasteiger partial charge in [0.2, 0.25) is 6.29 Å². The number of carbonyl (C=O) groups excluding carboxylic acids is 1. The highest BCUT2D eigenvalue weighted by Gasteiger charge is 2.05. The molecule has 0 atom stereocenters. The van der Waals surface area contributed by atoms with Gasteiger partial charge in [0.05, 0.1) is 5.75 Å². The number of nitrogens with zero attached hydrogens (tertiary/aromatic N) is 2. The van der Waals surface area contributed by atoms with E-state index in [1.54, 1.807) is 0 Å². The zero-order valence-corrected chi connectivity index (χ0v) is 9.66. The van der Waals surface area contributed by atoms with Crippen LogP contribution in [0.3, 0.4) is 0 Å². The van der Waals surface area contributed by atoms with Gasteiger partial charge in [-0.1, -0.05) is 22.8 Å². The minimum Gasteiger partial charge on any atom is -0.331 e. The van der Waals surface area contributed by atoms with Crippen molar-refractivity contribution in [3.05, 3.63) is 41.0 Å². The number of rotatable bonds is 4. The summed E-state index contributed by atoms with van der Waals surface area (Å²) in [7, 11) is 0. The van der Waals surface area contributed by atoms with Crippen molar-refractivity contribution in [2.45, 2.75) is 10.6 Å². The molecule has 82 valence electrons. The Hall–Kier alpha value is -1.33. The smallest absolute Gasteiger partial charge is 0.290 e. The number of aromatic nitrogens is 2. The summed E-state index contributed by atoms with van der Waals surface area (Å²) in [4.78, 5) is 15.2. The number of thioether (sulfide) groups is 1. The van der Waals surface area contributed by atoms with Gasteiger partial charge in [0, 0.05) is 9.92 Å². The van der Waals surface area contributed by atoms with Crippen LogP contribution in [0, 0.1) is 0 Å². The molecule has 1 aromatic carbocycles. The van der Waals surface area contributed by atoms with Crippen LogP contribution in [0.1, 0.15) is 16.5 Å². The van der Waals surface area contributed by atoms with Crippen LogP contribution >= 0.6 is 23.4 Å².